The van der Waals surface area contributed by atoms with Gasteiger partial charge >= 0.3 is 6.18 Å². The number of likely N-dealkylation sites (N-methyl/N-ethyl adjacent to an activating group) is 1. The normalized spacial score (nSPS) is 15.7. The van der Waals surface area contributed by atoms with E-state index in [4.69, 9.17) is 11.1 Å². The third kappa shape index (κ3) is 7.10. The second kappa shape index (κ2) is 11.1. The molecule has 4 rings (SSSR count). The summed E-state index contributed by atoms with van der Waals surface area (Å²) in [7, 11) is 2.03. The lowest BCUT2D eigenvalue weighted by Gasteiger charge is -2.14. The number of pyridine rings is 2. The van der Waals surface area contributed by atoms with E-state index in [1.807, 2.05) is 20.0 Å². The minimum absolute atomic E-state index is 0.140. The van der Waals surface area contributed by atoms with E-state index < -0.39 is 11.7 Å². The molecule has 1 aliphatic heterocycles. The molecule has 2 aromatic heterocycles. The molecule has 35 heavy (non-hydrogen) atoms. The highest BCUT2D eigenvalue weighted by Crippen LogP contribution is 2.28. The lowest BCUT2D eigenvalue weighted by molar-refractivity contribution is -0.137. The monoisotopic (exact) mass is 484 g/mol. The van der Waals surface area contributed by atoms with Crippen LogP contribution >= 0.6 is 0 Å². The number of likely N-dealkylation sites (tertiary alicyclic amines) is 1. The first-order valence-electron chi connectivity index (χ1n) is 10.9. The van der Waals surface area contributed by atoms with Crippen LogP contribution in [0.3, 0.4) is 0 Å². The Morgan fingerprint density at radius 1 is 1.14 bits per heavy atom. The van der Waals surface area contributed by atoms with Gasteiger partial charge in [0.25, 0.3) is 5.91 Å². The van der Waals surface area contributed by atoms with E-state index in [0.29, 0.717) is 16.7 Å². The van der Waals surface area contributed by atoms with Crippen molar-refractivity contribution >= 4 is 17.4 Å². The molecule has 0 spiro atoms. The Morgan fingerprint density at radius 3 is 2.43 bits per heavy atom. The van der Waals surface area contributed by atoms with Crippen molar-refractivity contribution in [1.29, 1.82) is 5.41 Å². The number of nitrogens with zero attached hydrogens (tertiary/aromatic N) is 3. The maximum Gasteiger partial charge on any atom is 0.416 e. The second-order valence-electron chi connectivity index (χ2n) is 8.30. The minimum Gasteiger partial charge on any atom is -0.383 e. The molecular formula is C25H27F3N6O. The van der Waals surface area contributed by atoms with E-state index >= 15 is 0 Å². The van der Waals surface area contributed by atoms with Crippen LogP contribution in [-0.4, -0.2) is 52.7 Å². The Kier molecular flexibility index (Phi) is 8.18. The van der Waals surface area contributed by atoms with Crippen LogP contribution in [-0.2, 0) is 6.18 Å². The first-order valence-corrected chi connectivity index (χ1v) is 10.9. The predicted octanol–water partition coefficient (Wildman–Crippen LogP) is 3.92. The van der Waals surface area contributed by atoms with Crippen LogP contribution in [0.5, 0.6) is 0 Å². The summed E-state index contributed by atoms with van der Waals surface area (Å²) in [4.78, 5) is 22.9. The Bertz CT molecular complexity index is 1180. The van der Waals surface area contributed by atoms with Crippen molar-refractivity contribution in [1.82, 2.24) is 20.2 Å². The van der Waals surface area contributed by atoms with Crippen molar-refractivity contribution in [3.05, 3.63) is 88.9 Å². The molecule has 0 radical (unpaired) electrons. The van der Waals surface area contributed by atoms with E-state index in [9.17, 15) is 18.0 Å². The Morgan fingerprint density at radius 2 is 1.86 bits per heavy atom. The summed E-state index contributed by atoms with van der Waals surface area (Å²) in [6.45, 7) is 3.68. The lowest BCUT2D eigenvalue weighted by atomic mass is 10.0. The molecule has 1 saturated heterocycles. The number of alkyl halides is 3. The van der Waals surface area contributed by atoms with Gasteiger partial charge in [-0.1, -0.05) is 30.3 Å². The average Bonchev–Trinajstić information content (AvgIpc) is 3.23. The first-order chi connectivity index (χ1) is 16.5. The number of nitrogens with two attached hydrogens (primary N) is 1. The largest absolute Gasteiger partial charge is 0.416 e. The average molecular weight is 485 g/mol. The van der Waals surface area contributed by atoms with E-state index in [1.54, 1.807) is 24.4 Å². The summed E-state index contributed by atoms with van der Waals surface area (Å²) >= 11 is 0. The number of aromatic nitrogens is 2. The fourth-order valence-electron chi connectivity index (χ4n) is 3.61. The highest BCUT2D eigenvalue weighted by atomic mass is 19.4. The number of carbonyl (C=O) groups is 1. The van der Waals surface area contributed by atoms with Crippen molar-refractivity contribution < 1.29 is 18.0 Å². The molecule has 0 bridgehead atoms. The Balaban J connectivity index is 0.000000287. The third-order valence-corrected chi connectivity index (χ3v) is 5.46. The molecule has 1 fully saturated rings. The van der Waals surface area contributed by atoms with Gasteiger partial charge in [-0.15, -0.1) is 0 Å². The highest BCUT2D eigenvalue weighted by Gasteiger charge is 2.29. The molecule has 10 heteroatoms. The molecule has 1 unspecified atom stereocenters. The number of hydrogen-bond donors (Lipinski definition) is 3. The topological polar surface area (TPSA) is 108 Å². The Hall–Kier alpha value is -3.79. The number of carbonyl (C=O) groups excluding carboxylic acids is 1. The maximum atomic E-state index is 12.5. The van der Waals surface area contributed by atoms with Gasteiger partial charge in [0.05, 0.1) is 16.8 Å². The molecule has 1 aliphatic rings. The summed E-state index contributed by atoms with van der Waals surface area (Å²) in [6, 6.07) is 11.7. The van der Waals surface area contributed by atoms with E-state index in [2.05, 4.69) is 20.2 Å². The molecule has 1 amide bonds. The summed E-state index contributed by atoms with van der Waals surface area (Å²) in [5.74, 6) is 0.0457. The molecule has 0 saturated carbocycles. The number of benzene rings is 1. The number of anilines is 1. The second-order valence-corrected chi connectivity index (χ2v) is 8.30. The molecule has 4 N–H and O–H groups in total. The molecule has 1 aromatic carbocycles. The first kappa shape index (κ1) is 25.8. The van der Waals surface area contributed by atoms with Crippen LogP contribution in [0.25, 0.3) is 0 Å². The molecule has 3 aromatic rings. The zero-order chi connectivity index (χ0) is 25.6. The van der Waals surface area contributed by atoms with E-state index in [1.165, 1.54) is 18.3 Å². The number of rotatable bonds is 4. The summed E-state index contributed by atoms with van der Waals surface area (Å²) in [6.07, 6.45) is -0.168. The van der Waals surface area contributed by atoms with Gasteiger partial charge in [0.1, 0.15) is 5.82 Å². The van der Waals surface area contributed by atoms with Gasteiger partial charge in [0.2, 0.25) is 0 Å². The van der Waals surface area contributed by atoms with Gasteiger partial charge in [0.15, 0.2) is 0 Å². The SMILES string of the molecule is Cc1cc(C(=N)c2cc(C(=O)NC3CCN(C)C3)cnc2N)ccn1.FC(F)(F)c1ccccc1. The van der Waals surface area contributed by atoms with Crippen LogP contribution in [0.1, 0.15) is 39.2 Å². The zero-order valence-electron chi connectivity index (χ0n) is 19.4. The van der Waals surface area contributed by atoms with Gasteiger partial charge in [-0.2, -0.15) is 13.2 Å². The van der Waals surface area contributed by atoms with Crippen LogP contribution in [0.15, 0.2) is 60.9 Å². The number of hydrogen-bond acceptors (Lipinski definition) is 6. The van der Waals surface area contributed by atoms with Gasteiger partial charge in [-0.25, -0.2) is 4.98 Å². The fraction of sp³-hybridized carbons (Fsp3) is 0.280. The van der Waals surface area contributed by atoms with Crippen LogP contribution < -0.4 is 11.1 Å². The standard InChI is InChI=1S/C18H22N6O.C7H5F3/c1-11-7-12(3-5-21-11)16(19)15-8-13(9-22-17(15)20)18(25)23-14-4-6-24(2)10-14;8-7(9,10)6-4-2-1-3-5-6/h3,5,7-9,14,19H,4,6,10H2,1-2H3,(H2,20,22)(H,23,25);1-5H. The van der Waals surface area contributed by atoms with Crippen molar-refractivity contribution in [2.24, 2.45) is 0 Å². The van der Waals surface area contributed by atoms with Crippen LogP contribution in [0, 0.1) is 12.3 Å². The number of halogens is 3. The highest BCUT2D eigenvalue weighted by molar-refractivity contribution is 6.14. The third-order valence-electron chi connectivity index (χ3n) is 5.46. The summed E-state index contributed by atoms with van der Waals surface area (Å²) in [5, 5.41) is 11.4. The predicted molar refractivity (Wildman–Crippen MR) is 128 cm³/mol. The zero-order valence-corrected chi connectivity index (χ0v) is 19.4. The lowest BCUT2D eigenvalue weighted by Crippen LogP contribution is -2.36. The molecule has 1 atom stereocenters. The smallest absolute Gasteiger partial charge is 0.383 e. The van der Waals surface area contributed by atoms with Crippen molar-refractivity contribution in [2.45, 2.75) is 25.6 Å². The molecule has 0 aliphatic carbocycles. The molecule has 7 nitrogen and oxygen atoms in total. The van der Waals surface area contributed by atoms with Crippen molar-refractivity contribution in [2.75, 3.05) is 25.9 Å². The van der Waals surface area contributed by atoms with Gasteiger partial charge in [-0.05, 0) is 45.1 Å². The van der Waals surface area contributed by atoms with Gasteiger partial charge < -0.3 is 16.0 Å². The molecule has 184 valence electrons. The quantitative estimate of drug-likeness (QED) is 0.487. The van der Waals surface area contributed by atoms with Gasteiger partial charge in [0, 0.05) is 41.8 Å². The summed E-state index contributed by atoms with van der Waals surface area (Å²) < 4.78 is 35.4. The van der Waals surface area contributed by atoms with Crippen LogP contribution in [0.2, 0.25) is 0 Å². The van der Waals surface area contributed by atoms with Crippen molar-refractivity contribution in [3.8, 4) is 0 Å². The van der Waals surface area contributed by atoms with Crippen molar-refractivity contribution in [3.63, 3.8) is 0 Å². The fourth-order valence-corrected chi connectivity index (χ4v) is 3.61. The van der Waals surface area contributed by atoms with Gasteiger partial charge in [-0.3, -0.25) is 15.2 Å². The number of nitrogens with one attached hydrogen (secondary N) is 2. The van der Waals surface area contributed by atoms with E-state index in [-0.39, 0.29) is 23.5 Å². The summed E-state index contributed by atoms with van der Waals surface area (Å²) in [5.41, 5.74) is 7.93. The number of amides is 1. The maximum absolute atomic E-state index is 12.5. The number of nitrogen functional groups attached to an aromatic ring is 1. The number of aryl methyl sites for hydroxylation is 1. The Labute approximate surface area is 201 Å². The van der Waals surface area contributed by atoms with E-state index in [0.717, 1.165) is 37.3 Å². The minimum atomic E-state index is -4.21. The molecule has 3 heterocycles. The molecular weight excluding hydrogens is 457 g/mol. The van der Waals surface area contributed by atoms with Crippen LogP contribution in [0.4, 0.5) is 19.0 Å².